The first kappa shape index (κ1) is 8.45. The number of hydrogen-bond acceptors (Lipinski definition) is 3. The molecule has 64 valence electrons. The van der Waals surface area contributed by atoms with E-state index in [9.17, 15) is 8.78 Å². The second-order valence-corrected chi connectivity index (χ2v) is 2.07. The molecule has 0 saturated heterocycles. The van der Waals surface area contributed by atoms with E-state index in [2.05, 4.69) is 5.10 Å². The highest BCUT2D eigenvalue weighted by Gasteiger charge is 2.10. The normalized spacial score (nSPS) is 10.8. The molecule has 5 heteroatoms. The number of benzene rings is 1. The molecule has 1 aromatic rings. The van der Waals surface area contributed by atoms with Crippen molar-refractivity contribution in [3.05, 3.63) is 29.3 Å². The lowest BCUT2D eigenvalue weighted by molar-refractivity contribution is 0.453. The minimum atomic E-state index is -1.16. The number of phenolic OH excluding ortho intramolecular Hbond substituents is 1. The summed E-state index contributed by atoms with van der Waals surface area (Å²) < 4.78 is 25.3. The summed E-state index contributed by atoms with van der Waals surface area (Å²) in [5.74, 6) is 2.10. The zero-order chi connectivity index (χ0) is 9.14. The molecule has 3 N–H and O–H groups in total. The Kier molecular flexibility index (Phi) is 2.23. The Hall–Kier alpha value is -1.65. The van der Waals surface area contributed by atoms with Crippen LogP contribution < -0.4 is 5.84 Å². The molecule has 0 bridgehead atoms. The van der Waals surface area contributed by atoms with Crippen LogP contribution in [0.1, 0.15) is 5.56 Å². The lowest BCUT2D eigenvalue weighted by atomic mass is 10.2. The minimum Gasteiger partial charge on any atom is -0.507 e. The second kappa shape index (κ2) is 3.17. The van der Waals surface area contributed by atoms with Crippen LogP contribution in [0.5, 0.6) is 5.75 Å². The third kappa shape index (κ3) is 1.34. The van der Waals surface area contributed by atoms with Crippen molar-refractivity contribution in [3.8, 4) is 5.75 Å². The van der Waals surface area contributed by atoms with E-state index in [1.54, 1.807) is 0 Å². The summed E-state index contributed by atoms with van der Waals surface area (Å²) in [5.41, 5.74) is -0.350. The van der Waals surface area contributed by atoms with Gasteiger partial charge in [-0.25, -0.2) is 8.78 Å². The number of nitrogens with zero attached hydrogens (tertiary/aromatic N) is 1. The first-order chi connectivity index (χ1) is 5.66. The lowest BCUT2D eigenvalue weighted by Crippen LogP contribution is -1.95. The Labute approximate surface area is 67.1 Å². The summed E-state index contributed by atoms with van der Waals surface area (Å²) in [7, 11) is 0. The molecule has 0 aliphatic carbocycles. The number of rotatable bonds is 1. The number of nitrogens with two attached hydrogens (primary N) is 1. The summed E-state index contributed by atoms with van der Waals surface area (Å²) >= 11 is 0. The van der Waals surface area contributed by atoms with Gasteiger partial charge in [-0.1, -0.05) is 0 Å². The first-order valence-electron chi connectivity index (χ1n) is 3.07. The first-order valence-corrected chi connectivity index (χ1v) is 3.07. The highest BCUT2D eigenvalue weighted by molar-refractivity contribution is 5.83. The summed E-state index contributed by atoms with van der Waals surface area (Å²) in [6.07, 6.45) is 0.841. The van der Waals surface area contributed by atoms with Gasteiger partial charge in [0, 0.05) is 0 Å². The third-order valence-electron chi connectivity index (χ3n) is 1.31. The van der Waals surface area contributed by atoms with Crippen molar-refractivity contribution in [2.45, 2.75) is 0 Å². The van der Waals surface area contributed by atoms with Crippen LogP contribution in [0.25, 0.3) is 0 Å². The van der Waals surface area contributed by atoms with Gasteiger partial charge in [-0.3, -0.25) is 0 Å². The van der Waals surface area contributed by atoms with Gasteiger partial charge in [0.25, 0.3) is 0 Å². The fourth-order valence-electron chi connectivity index (χ4n) is 0.753. The maximum Gasteiger partial charge on any atom is 0.171 e. The molecule has 1 aromatic carbocycles. The minimum absolute atomic E-state index is 0.350. The molecule has 0 heterocycles. The van der Waals surface area contributed by atoms with E-state index in [0.717, 1.165) is 18.3 Å². The van der Waals surface area contributed by atoms with Gasteiger partial charge < -0.3 is 10.9 Å². The van der Waals surface area contributed by atoms with Gasteiger partial charge >= 0.3 is 0 Å². The third-order valence-corrected chi connectivity index (χ3v) is 1.31. The number of hydrogen-bond donors (Lipinski definition) is 2. The van der Waals surface area contributed by atoms with Crippen LogP contribution in [-0.4, -0.2) is 11.3 Å². The monoisotopic (exact) mass is 172 g/mol. The molecule has 0 spiro atoms. The SMILES string of the molecule is NN=Cc1c(O)ccc(F)c1F. The number of phenols is 1. The standard InChI is InChI=1S/C7H6F2N2O/c8-5-1-2-6(12)4(3-11-10)7(5)9/h1-3,12H,10H2. The summed E-state index contributed by atoms with van der Waals surface area (Å²) in [4.78, 5) is 0. The van der Waals surface area contributed by atoms with Crippen LogP contribution >= 0.6 is 0 Å². The van der Waals surface area contributed by atoms with Crippen molar-refractivity contribution in [2.75, 3.05) is 0 Å². The molecular formula is C7H6F2N2O. The van der Waals surface area contributed by atoms with Gasteiger partial charge in [-0.05, 0) is 12.1 Å². The fourth-order valence-corrected chi connectivity index (χ4v) is 0.753. The largest absolute Gasteiger partial charge is 0.507 e. The van der Waals surface area contributed by atoms with Crippen molar-refractivity contribution < 1.29 is 13.9 Å². The highest BCUT2D eigenvalue weighted by atomic mass is 19.2. The van der Waals surface area contributed by atoms with Gasteiger partial charge in [0.05, 0.1) is 11.8 Å². The van der Waals surface area contributed by atoms with E-state index in [0.29, 0.717) is 0 Å². The maximum atomic E-state index is 12.8. The van der Waals surface area contributed by atoms with Crippen molar-refractivity contribution in [1.29, 1.82) is 0 Å². The van der Waals surface area contributed by atoms with Crippen LogP contribution in [0, 0.1) is 11.6 Å². The second-order valence-electron chi connectivity index (χ2n) is 2.07. The summed E-state index contributed by atoms with van der Waals surface area (Å²) in [5, 5.41) is 12.0. The van der Waals surface area contributed by atoms with Crippen molar-refractivity contribution in [1.82, 2.24) is 0 Å². The Morgan fingerprint density at radius 2 is 2.08 bits per heavy atom. The van der Waals surface area contributed by atoms with Gasteiger partial charge in [-0.15, -0.1) is 0 Å². The Morgan fingerprint density at radius 3 is 2.67 bits per heavy atom. The van der Waals surface area contributed by atoms with Crippen LogP contribution in [0.3, 0.4) is 0 Å². The average Bonchev–Trinajstić information content (AvgIpc) is 2.06. The van der Waals surface area contributed by atoms with Crippen LogP contribution in [0.4, 0.5) is 8.78 Å². The van der Waals surface area contributed by atoms with E-state index < -0.39 is 17.4 Å². The predicted molar refractivity (Wildman–Crippen MR) is 39.8 cm³/mol. The molecule has 0 fully saturated rings. The number of aromatic hydroxyl groups is 1. The average molecular weight is 172 g/mol. The van der Waals surface area contributed by atoms with E-state index in [1.807, 2.05) is 0 Å². The van der Waals surface area contributed by atoms with Crippen molar-refractivity contribution in [2.24, 2.45) is 10.9 Å². The molecule has 0 atom stereocenters. The lowest BCUT2D eigenvalue weighted by Gasteiger charge is -1.99. The quantitative estimate of drug-likeness (QED) is 0.376. The molecule has 0 saturated carbocycles. The molecule has 0 radical (unpaired) electrons. The molecule has 12 heavy (non-hydrogen) atoms. The molecule has 0 aliphatic rings. The summed E-state index contributed by atoms with van der Waals surface area (Å²) in [6.45, 7) is 0. The van der Waals surface area contributed by atoms with Crippen LogP contribution in [0.2, 0.25) is 0 Å². The molecule has 0 unspecified atom stereocenters. The fraction of sp³-hybridized carbons (Fsp3) is 0. The molecule has 1 rings (SSSR count). The predicted octanol–water partition coefficient (Wildman–Crippen LogP) is 0.963. The summed E-state index contributed by atoms with van der Waals surface area (Å²) in [6, 6.07) is 1.84. The molecule has 3 nitrogen and oxygen atoms in total. The van der Waals surface area contributed by atoms with E-state index >= 15 is 0 Å². The van der Waals surface area contributed by atoms with Crippen molar-refractivity contribution >= 4 is 6.21 Å². The smallest absolute Gasteiger partial charge is 0.171 e. The maximum absolute atomic E-state index is 12.8. The highest BCUT2D eigenvalue weighted by Crippen LogP contribution is 2.20. The Morgan fingerprint density at radius 1 is 1.42 bits per heavy atom. The van der Waals surface area contributed by atoms with Crippen LogP contribution in [-0.2, 0) is 0 Å². The molecule has 0 amide bonds. The Balaban J connectivity index is 3.32. The molecular weight excluding hydrogens is 166 g/mol. The zero-order valence-corrected chi connectivity index (χ0v) is 5.96. The van der Waals surface area contributed by atoms with Gasteiger partial charge in [0.1, 0.15) is 5.75 Å². The zero-order valence-electron chi connectivity index (χ0n) is 5.96. The Bertz CT molecular complexity index is 325. The topological polar surface area (TPSA) is 58.6 Å². The van der Waals surface area contributed by atoms with E-state index in [4.69, 9.17) is 10.9 Å². The van der Waals surface area contributed by atoms with Crippen LogP contribution in [0.15, 0.2) is 17.2 Å². The van der Waals surface area contributed by atoms with Gasteiger partial charge in [-0.2, -0.15) is 5.10 Å². The van der Waals surface area contributed by atoms with E-state index in [-0.39, 0.29) is 5.56 Å². The van der Waals surface area contributed by atoms with Gasteiger partial charge in [0.2, 0.25) is 0 Å². The molecule has 0 aliphatic heterocycles. The van der Waals surface area contributed by atoms with Gasteiger partial charge in [0.15, 0.2) is 11.6 Å². The number of hydrazone groups is 1. The van der Waals surface area contributed by atoms with Crippen molar-refractivity contribution in [3.63, 3.8) is 0 Å². The number of halogens is 2. The molecule has 0 aromatic heterocycles. The van der Waals surface area contributed by atoms with E-state index in [1.165, 1.54) is 0 Å².